The quantitative estimate of drug-likeness (QED) is 0.545. The summed E-state index contributed by atoms with van der Waals surface area (Å²) >= 11 is 6.59. The van der Waals surface area contributed by atoms with E-state index in [0.29, 0.717) is 29.7 Å². The zero-order valence-corrected chi connectivity index (χ0v) is 19.5. The number of likely N-dealkylation sites (tertiary alicyclic amines) is 1. The molecule has 174 valence electrons. The normalized spacial score (nSPS) is 21.7. The Morgan fingerprint density at radius 2 is 1.84 bits per heavy atom. The van der Waals surface area contributed by atoms with Gasteiger partial charge in [0.2, 0.25) is 10.0 Å². The van der Waals surface area contributed by atoms with Crippen LogP contribution in [0.2, 0.25) is 5.02 Å². The lowest BCUT2D eigenvalue weighted by Crippen LogP contribution is -2.42. The monoisotopic (exact) mass is 484 g/mol. The molecule has 0 atom stereocenters. The van der Waals surface area contributed by atoms with Crippen molar-refractivity contribution in [1.82, 2.24) is 9.21 Å². The molecule has 2 aliphatic rings. The molecule has 2 aromatic carbocycles. The first-order valence-corrected chi connectivity index (χ1v) is 12.6. The first-order chi connectivity index (χ1) is 15.2. The second kappa shape index (κ2) is 9.63. The van der Waals surface area contributed by atoms with Crippen molar-refractivity contribution < 1.29 is 21.9 Å². The topological polar surface area (TPSA) is 49.9 Å². The lowest BCUT2D eigenvalue weighted by molar-refractivity contribution is 0.0575. The van der Waals surface area contributed by atoms with Gasteiger partial charge in [0.1, 0.15) is 5.75 Å². The number of sulfonamides is 1. The minimum absolute atomic E-state index is 0.0288. The van der Waals surface area contributed by atoms with E-state index in [2.05, 4.69) is 4.90 Å². The summed E-state index contributed by atoms with van der Waals surface area (Å²) in [6.07, 6.45) is 3.81. The van der Waals surface area contributed by atoms with Gasteiger partial charge in [-0.1, -0.05) is 23.7 Å². The maximum Gasteiger partial charge on any atom is 0.242 e. The molecule has 1 saturated heterocycles. The molecule has 0 N–H and O–H groups in total. The van der Waals surface area contributed by atoms with Crippen LogP contribution in [0.5, 0.6) is 5.75 Å². The Morgan fingerprint density at radius 3 is 2.53 bits per heavy atom. The van der Waals surface area contributed by atoms with Gasteiger partial charge in [0.05, 0.1) is 16.0 Å². The summed E-state index contributed by atoms with van der Waals surface area (Å²) in [5.74, 6) is -1.47. The van der Waals surface area contributed by atoms with Gasteiger partial charge in [0.25, 0.3) is 0 Å². The van der Waals surface area contributed by atoms with Crippen LogP contribution in [0.3, 0.4) is 0 Å². The number of hydrogen-bond donors (Lipinski definition) is 0. The van der Waals surface area contributed by atoms with Gasteiger partial charge in [-0.2, -0.15) is 0 Å². The van der Waals surface area contributed by atoms with Gasteiger partial charge in [0, 0.05) is 20.1 Å². The average molecular weight is 485 g/mol. The molecule has 0 amide bonds. The standard InChI is InChI=1S/C23H27ClF2N2O3S/c1-27(32(29,30)19-7-8-20(25)21(26)13-19)14-16-11-18(12-16)31-22-6-4-5-17(23(22)24)15-28-9-2-3-10-28/h4-8,13,16,18H,2-3,9-12,14-15H2,1H3. The summed E-state index contributed by atoms with van der Waals surface area (Å²) in [5, 5.41) is 0.640. The van der Waals surface area contributed by atoms with Crippen LogP contribution in [0.4, 0.5) is 8.78 Å². The van der Waals surface area contributed by atoms with Gasteiger partial charge in [-0.15, -0.1) is 0 Å². The maximum atomic E-state index is 13.5. The maximum absolute atomic E-state index is 13.5. The van der Waals surface area contributed by atoms with Gasteiger partial charge in [-0.3, -0.25) is 4.90 Å². The van der Waals surface area contributed by atoms with Crippen LogP contribution in [-0.2, 0) is 16.6 Å². The fourth-order valence-electron chi connectivity index (χ4n) is 4.33. The van der Waals surface area contributed by atoms with Crippen molar-refractivity contribution in [3.05, 3.63) is 58.6 Å². The van der Waals surface area contributed by atoms with Crippen molar-refractivity contribution in [2.75, 3.05) is 26.7 Å². The number of benzene rings is 2. The largest absolute Gasteiger partial charge is 0.489 e. The highest BCUT2D eigenvalue weighted by molar-refractivity contribution is 7.89. The second-order valence-corrected chi connectivity index (χ2v) is 11.1. The Labute approximate surface area is 193 Å². The number of nitrogens with zero attached hydrogens (tertiary/aromatic N) is 2. The third-order valence-electron chi connectivity index (χ3n) is 6.24. The first-order valence-electron chi connectivity index (χ1n) is 10.8. The SMILES string of the molecule is CN(CC1CC(Oc2cccc(CN3CCCC3)c2Cl)C1)S(=O)(=O)c1ccc(F)c(F)c1. The molecular formula is C23H27ClF2N2O3S. The van der Waals surface area contributed by atoms with E-state index in [4.69, 9.17) is 16.3 Å². The lowest BCUT2D eigenvalue weighted by atomic mass is 9.82. The minimum Gasteiger partial charge on any atom is -0.489 e. The van der Waals surface area contributed by atoms with Crippen LogP contribution in [-0.4, -0.2) is 50.4 Å². The van der Waals surface area contributed by atoms with Crippen molar-refractivity contribution >= 4 is 21.6 Å². The Morgan fingerprint density at radius 1 is 1.12 bits per heavy atom. The molecule has 1 saturated carbocycles. The Hall–Kier alpha value is -1.74. The molecule has 0 radical (unpaired) electrons. The number of rotatable bonds is 8. The van der Waals surface area contributed by atoms with Crippen LogP contribution in [0.1, 0.15) is 31.2 Å². The van der Waals surface area contributed by atoms with Crippen LogP contribution in [0.15, 0.2) is 41.3 Å². The second-order valence-electron chi connectivity index (χ2n) is 8.65. The Bertz CT molecular complexity index is 1070. The highest BCUT2D eigenvalue weighted by atomic mass is 35.5. The summed E-state index contributed by atoms with van der Waals surface area (Å²) in [6.45, 7) is 3.28. The molecule has 0 unspecified atom stereocenters. The zero-order chi connectivity index (χ0) is 22.9. The van der Waals surface area contributed by atoms with Crippen LogP contribution in [0, 0.1) is 17.6 Å². The molecule has 1 aliphatic carbocycles. The molecule has 4 rings (SSSR count). The molecule has 0 aromatic heterocycles. The number of ether oxygens (including phenoxy) is 1. The van der Waals surface area contributed by atoms with E-state index in [1.807, 2.05) is 18.2 Å². The van der Waals surface area contributed by atoms with E-state index in [9.17, 15) is 17.2 Å². The first kappa shape index (κ1) is 23.4. The summed E-state index contributed by atoms with van der Waals surface area (Å²) in [5.41, 5.74) is 1.05. The van der Waals surface area contributed by atoms with Crippen LogP contribution >= 0.6 is 11.6 Å². The van der Waals surface area contributed by atoms with Gasteiger partial charge in [0.15, 0.2) is 11.6 Å². The smallest absolute Gasteiger partial charge is 0.242 e. The summed E-state index contributed by atoms with van der Waals surface area (Å²) < 4.78 is 59.2. The summed E-state index contributed by atoms with van der Waals surface area (Å²) in [7, 11) is -2.44. The molecule has 1 aliphatic heterocycles. The van der Waals surface area contributed by atoms with Crippen molar-refractivity contribution in [2.24, 2.45) is 5.92 Å². The van der Waals surface area contributed by atoms with E-state index < -0.39 is 21.7 Å². The highest BCUT2D eigenvalue weighted by Gasteiger charge is 2.35. The van der Waals surface area contributed by atoms with E-state index in [1.165, 1.54) is 24.2 Å². The van der Waals surface area contributed by atoms with E-state index in [0.717, 1.165) is 37.3 Å². The van der Waals surface area contributed by atoms with Crippen molar-refractivity contribution in [3.63, 3.8) is 0 Å². The predicted octanol–water partition coefficient (Wildman–Crippen LogP) is 4.69. The molecule has 2 aromatic rings. The average Bonchev–Trinajstić information content (AvgIpc) is 3.24. The van der Waals surface area contributed by atoms with Crippen LogP contribution in [0.25, 0.3) is 0 Å². The molecule has 1 heterocycles. The molecule has 9 heteroatoms. The third-order valence-corrected chi connectivity index (χ3v) is 8.48. The Kier molecular flexibility index (Phi) is 7.05. The molecule has 0 spiro atoms. The highest BCUT2D eigenvalue weighted by Crippen LogP contribution is 2.37. The number of halogens is 3. The van der Waals surface area contributed by atoms with Crippen molar-refractivity contribution in [2.45, 2.75) is 43.2 Å². The van der Waals surface area contributed by atoms with Gasteiger partial charge < -0.3 is 4.74 Å². The van der Waals surface area contributed by atoms with Crippen LogP contribution < -0.4 is 4.74 Å². The molecule has 0 bridgehead atoms. The predicted molar refractivity (Wildman–Crippen MR) is 119 cm³/mol. The molecular weight excluding hydrogens is 458 g/mol. The molecule has 32 heavy (non-hydrogen) atoms. The fraction of sp³-hybridized carbons (Fsp3) is 0.478. The summed E-state index contributed by atoms with van der Waals surface area (Å²) in [4.78, 5) is 2.13. The van der Waals surface area contributed by atoms with E-state index in [1.54, 1.807) is 0 Å². The van der Waals surface area contributed by atoms with Gasteiger partial charge >= 0.3 is 0 Å². The minimum atomic E-state index is -3.89. The van der Waals surface area contributed by atoms with Crippen molar-refractivity contribution in [3.8, 4) is 5.75 Å². The molecule has 2 fully saturated rings. The van der Waals surface area contributed by atoms with Gasteiger partial charge in [-0.05, 0) is 74.5 Å². The third kappa shape index (κ3) is 5.09. The number of hydrogen-bond acceptors (Lipinski definition) is 4. The van der Waals surface area contributed by atoms with Crippen molar-refractivity contribution in [1.29, 1.82) is 0 Å². The van der Waals surface area contributed by atoms with E-state index >= 15 is 0 Å². The van der Waals surface area contributed by atoms with E-state index in [-0.39, 0.29) is 23.5 Å². The summed E-state index contributed by atoms with van der Waals surface area (Å²) in [6, 6.07) is 8.45. The van der Waals surface area contributed by atoms with Gasteiger partial charge in [-0.25, -0.2) is 21.5 Å². The Balaban J connectivity index is 1.31. The lowest BCUT2D eigenvalue weighted by Gasteiger charge is -2.37. The zero-order valence-electron chi connectivity index (χ0n) is 17.9. The fourth-order valence-corrected chi connectivity index (χ4v) is 5.82. The molecule has 5 nitrogen and oxygen atoms in total.